The van der Waals surface area contributed by atoms with Gasteiger partial charge in [0.05, 0.1) is 38.6 Å². The molecule has 0 radical (unpaired) electrons. The Balaban J connectivity index is 0.887. The van der Waals surface area contributed by atoms with Crippen molar-refractivity contribution in [3.8, 4) is 0 Å². The van der Waals surface area contributed by atoms with Crippen molar-refractivity contribution in [1.82, 2.24) is 0 Å². The van der Waals surface area contributed by atoms with Crippen LogP contribution in [0.5, 0.6) is 0 Å². The van der Waals surface area contributed by atoms with Crippen LogP contribution in [0, 0.1) is 52.3 Å². The molecule has 5 aliphatic heterocycles. The van der Waals surface area contributed by atoms with Crippen LogP contribution >= 0.6 is 0 Å². The van der Waals surface area contributed by atoms with E-state index in [4.69, 9.17) is 37.9 Å². The fourth-order valence-corrected chi connectivity index (χ4v) is 14.1. The van der Waals surface area contributed by atoms with Crippen molar-refractivity contribution in [3.63, 3.8) is 0 Å². The highest BCUT2D eigenvalue weighted by Crippen LogP contribution is 2.71. The molecule has 0 bridgehead atoms. The topological polar surface area (TPSA) is 236 Å². The van der Waals surface area contributed by atoms with Gasteiger partial charge in [-0.15, -0.1) is 0 Å². The van der Waals surface area contributed by atoms with Crippen LogP contribution in [-0.4, -0.2) is 165 Å². The third-order valence-corrected chi connectivity index (χ3v) is 17.5. The fraction of sp³-hybridized carbons (Fsp3) is 1.00. The largest absolute Gasteiger partial charge is 0.394 e. The summed E-state index contributed by atoms with van der Waals surface area (Å²) >= 11 is 0. The maximum absolute atomic E-state index is 11.9. The smallest absolute Gasteiger partial charge is 0.187 e. The fourth-order valence-electron chi connectivity index (χ4n) is 14.1. The van der Waals surface area contributed by atoms with Crippen LogP contribution in [0.15, 0.2) is 0 Å². The molecule has 4 aliphatic carbocycles. The molecule has 5 saturated heterocycles. The van der Waals surface area contributed by atoms with Gasteiger partial charge in [0.25, 0.3) is 0 Å². The zero-order valence-corrected chi connectivity index (χ0v) is 34.9. The van der Waals surface area contributed by atoms with Crippen molar-refractivity contribution in [3.05, 3.63) is 0 Å². The molecular formula is C43H70O16. The summed E-state index contributed by atoms with van der Waals surface area (Å²) in [4.78, 5) is 0. The second kappa shape index (κ2) is 16.4. The summed E-state index contributed by atoms with van der Waals surface area (Å²) < 4.78 is 49.5. The SMILES string of the molecule is C[C@H]1CC[C@@]2(OC1)O[C@H]1C[C@H]3[C@@H]4CC[C@@H]5C[C@@H](O[C@@H]6O[C@H](CO)[C@@H](O[C@@H]7OC[C@@H](O)[C@H](O)[C@H]7O)[C@H](O)[C@H]6O[C@@H]6OC[C@@H](O)[C@H](O)[C@H]6O)CC[C@]5(C)[C@H]4CC[C@]3(C)[C@H]1[C@@H]2C. The van der Waals surface area contributed by atoms with E-state index in [0.717, 1.165) is 58.0 Å². The zero-order valence-electron chi connectivity index (χ0n) is 34.9. The molecule has 0 amide bonds. The van der Waals surface area contributed by atoms with E-state index in [1.54, 1.807) is 0 Å². The number of ether oxygens (including phenoxy) is 8. The van der Waals surface area contributed by atoms with E-state index in [0.29, 0.717) is 41.4 Å². The molecule has 338 valence electrons. The first-order chi connectivity index (χ1) is 28.1. The number of rotatable bonds is 7. The Morgan fingerprint density at radius 3 is 1.93 bits per heavy atom. The molecule has 0 aromatic rings. The second-order valence-corrected chi connectivity index (χ2v) is 20.6. The van der Waals surface area contributed by atoms with Crippen molar-refractivity contribution in [1.29, 1.82) is 0 Å². The molecule has 9 rings (SSSR count). The van der Waals surface area contributed by atoms with Crippen LogP contribution in [0.1, 0.15) is 91.9 Å². The highest BCUT2D eigenvalue weighted by Gasteiger charge is 2.69. The van der Waals surface area contributed by atoms with Gasteiger partial charge >= 0.3 is 0 Å². The molecule has 8 N–H and O–H groups in total. The summed E-state index contributed by atoms with van der Waals surface area (Å²) in [6.07, 6.45) is -8.74. The predicted octanol–water partition coefficient (Wildman–Crippen LogP) is 0.545. The lowest BCUT2D eigenvalue weighted by Crippen LogP contribution is -2.66. The van der Waals surface area contributed by atoms with E-state index >= 15 is 0 Å². The van der Waals surface area contributed by atoms with E-state index in [9.17, 15) is 40.9 Å². The molecule has 59 heavy (non-hydrogen) atoms. The van der Waals surface area contributed by atoms with Gasteiger partial charge in [-0.25, -0.2) is 0 Å². The molecule has 5 heterocycles. The van der Waals surface area contributed by atoms with Crippen LogP contribution in [0.25, 0.3) is 0 Å². The molecule has 1 spiro atoms. The highest BCUT2D eigenvalue weighted by molar-refractivity contribution is 5.15. The van der Waals surface area contributed by atoms with Gasteiger partial charge in [-0.3, -0.25) is 0 Å². The number of aliphatic hydroxyl groups is 8. The summed E-state index contributed by atoms with van der Waals surface area (Å²) in [5.41, 5.74) is 0.360. The lowest BCUT2D eigenvalue weighted by atomic mass is 9.44. The number of hydrogen-bond donors (Lipinski definition) is 8. The molecule has 9 aliphatic rings. The minimum Gasteiger partial charge on any atom is -0.394 e. The van der Waals surface area contributed by atoms with Crippen molar-refractivity contribution in [2.45, 2.75) is 190 Å². The molecule has 16 heteroatoms. The molecular weight excluding hydrogens is 772 g/mol. The number of fused-ring (bicyclic) bond motifs is 7. The van der Waals surface area contributed by atoms with Gasteiger partial charge in [0.2, 0.25) is 0 Å². The Morgan fingerprint density at radius 1 is 0.627 bits per heavy atom. The Hall–Kier alpha value is -0.640. The van der Waals surface area contributed by atoms with Gasteiger partial charge in [0.1, 0.15) is 61.0 Å². The summed E-state index contributed by atoms with van der Waals surface area (Å²) in [6, 6.07) is 0. The molecule has 0 aromatic heterocycles. The summed E-state index contributed by atoms with van der Waals surface area (Å²) in [5.74, 6) is 3.30. The maximum atomic E-state index is 11.9. The first-order valence-electron chi connectivity index (χ1n) is 22.6. The number of hydrogen-bond acceptors (Lipinski definition) is 16. The lowest BCUT2D eigenvalue weighted by Gasteiger charge is -2.61. The standard InChI is InChI=1S/C43H70O16/c1-19-7-12-43(54-16-19)20(2)30-28(59-43)14-25-23-6-5-21-13-22(8-10-41(21,3)24(23)9-11-42(25,30)4)55-40-37(58-39-34(50)32(48)27(46)18-53-39)35(51)36(29(15-44)56-40)57-38-33(49)31(47)26(45)17-52-38/h19-40,44-51H,5-18H2,1-4H3/t19-,20-,21+,22-,23+,24-,25-,26+,27+,28-,29+,30-,31-,32-,33+,34+,35-,36+,37+,38-,39-,40+,41-,42-,43+/m0/s1. The van der Waals surface area contributed by atoms with Crippen LogP contribution in [0.4, 0.5) is 0 Å². The van der Waals surface area contributed by atoms with Crippen LogP contribution < -0.4 is 0 Å². The predicted molar refractivity (Wildman–Crippen MR) is 204 cm³/mol. The quantitative estimate of drug-likeness (QED) is 0.164. The second-order valence-electron chi connectivity index (χ2n) is 20.6. The van der Waals surface area contributed by atoms with Crippen molar-refractivity contribution >= 4 is 0 Å². The highest BCUT2D eigenvalue weighted by atomic mass is 16.8. The van der Waals surface area contributed by atoms with E-state index in [1.165, 1.54) is 12.8 Å². The van der Waals surface area contributed by atoms with E-state index in [2.05, 4.69) is 27.7 Å². The van der Waals surface area contributed by atoms with Crippen LogP contribution in [-0.2, 0) is 37.9 Å². The van der Waals surface area contributed by atoms with Gasteiger partial charge in [-0.1, -0.05) is 27.7 Å². The maximum Gasteiger partial charge on any atom is 0.187 e. The molecule has 16 nitrogen and oxygen atoms in total. The van der Waals surface area contributed by atoms with E-state index < -0.39 is 92.3 Å². The van der Waals surface area contributed by atoms with E-state index in [1.807, 2.05) is 0 Å². The molecule has 4 saturated carbocycles. The summed E-state index contributed by atoms with van der Waals surface area (Å²) in [6.45, 7) is 9.18. The average Bonchev–Trinajstić information content (AvgIpc) is 3.67. The Bertz CT molecular complexity index is 1470. The molecule has 9 fully saturated rings. The first-order valence-corrected chi connectivity index (χ1v) is 22.6. The van der Waals surface area contributed by atoms with Gasteiger partial charge in [0, 0.05) is 12.3 Å². The van der Waals surface area contributed by atoms with Gasteiger partial charge in [-0.2, -0.15) is 0 Å². The minimum absolute atomic E-state index is 0.128. The van der Waals surface area contributed by atoms with Gasteiger partial charge in [-0.05, 0) is 104 Å². The average molecular weight is 843 g/mol. The lowest BCUT2D eigenvalue weighted by molar-refractivity contribution is -0.382. The van der Waals surface area contributed by atoms with Crippen molar-refractivity contribution < 1.29 is 78.7 Å². The minimum atomic E-state index is -1.68. The molecule has 25 atom stereocenters. The van der Waals surface area contributed by atoms with Crippen molar-refractivity contribution in [2.24, 2.45) is 52.3 Å². The van der Waals surface area contributed by atoms with Crippen molar-refractivity contribution in [2.75, 3.05) is 26.4 Å². The monoisotopic (exact) mass is 842 g/mol. The first kappa shape index (κ1) is 43.6. The number of aliphatic hydroxyl groups excluding tert-OH is 8. The van der Waals surface area contributed by atoms with Gasteiger partial charge < -0.3 is 78.7 Å². The third-order valence-electron chi connectivity index (χ3n) is 17.5. The molecule has 0 aromatic carbocycles. The van der Waals surface area contributed by atoms with Crippen LogP contribution in [0.2, 0.25) is 0 Å². The zero-order chi connectivity index (χ0) is 41.8. The van der Waals surface area contributed by atoms with Crippen LogP contribution in [0.3, 0.4) is 0 Å². The normalized spacial score (nSPS) is 58.8. The third kappa shape index (κ3) is 7.28. The summed E-state index contributed by atoms with van der Waals surface area (Å²) in [7, 11) is 0. The van der Waals surface area contributed by atoms with E-state index in [-0.39, 0.29) is 36.3 Å². The molecule has 0 unspecified atom stereocenters. The summed E-state index contributed by atoms with van der Waals surface area (Å²) in [5, 5.41) is 84.5. The van der Waals surface area contributed by atoms with Gasteiger partial charge in [0.15, 0.2) is 24.7 Å². The Labute approximate surface area is 346 Å². The Kier molecular flexibility index (Phi) is 12.1. The Morgan fingerprint density at radius 2 is 1.29 bits per heavy atom.